The molecule has 1 rings (SSSR count). The van der Waals surface area contributed by atoms with E-state index in [9.17, 15) is 9.90 Å². The van der Waals surface area contributed by atoms with Gasteiger partial charge in [0, 0.05) is 6.54 Å². The zero-order valence-corrected chi connectivity index (χ0v) is 6.84. The molecule has 7 nitrogen and oxygen atoms in total. The number of carboxylic acids is 1. The first-order chi connectivity index (χ1) is 6.06. The molecule has 0 aromatic heterocycles. The van der Waals surface area contributed by atoms with Crippen molar-refractivity contribution in [1.29, 1.82) is 0 Å². The van der Waals surface area contributed by atoms with Gasteiger partial charge in [0.05, 0.1) is 12.1 Å². The van der Waals surface area contributed by atoms with Crippen molar-refractivity contribution in [3.05, 3.63) is 0 Å². The van der Waals surface area contributed by atoms with E-state index in [0.717, 1.165) is 0 Å². The molecule has 0 bridgehead atoms. The van der Waals surface area contributed by atoms with Crippen molar-refractivity contribution in [3.63, 3.8) is 0 Å². The molecule has 1 heterocycles. The highest BCUT2D eigenvalue weighted by atomic mass is 16.4. The van der Waals surface area contributed by atoms with Crippen LogP contribution in [0.15, 0.2) is 4.99 Å². The topological polar surface area (TPSA) is 134 Å². The van der Waals surface area contributed by atoms with Crippen molar-refractivity contribution in [1.82, 2.24) is 5.32 Å². The van der Waals surface area contributed by atoms with E-state index >= 15 is 0 Å². The third kappa shape index (κ3) is 1.87. The third-order valence-electron chi connectivity index (χ3n) is 1.84. The lowest BCUT2D eigenvalue weighted by molar-refractivity contribution is -0.139. The van der Waals surface area contributed by atoms with Crippen LogP contribution < -0.4 is 16.8 Å². The first-order valence-electron chi connectivity index (χ1n) is 3.77. The molecule has 13 heavy (non-hydrogen) atoms. The first kappa shape index (κ1) is 9.75. The molecular weight excluding hydrogens is 176 g/mol. The number of carbonyl (C=O) groups is 1. The predicted octanol–water partition coefficient (Wildman–Crippen LogP) is -2.95. The van der Waals surface area contributed by atoms with E-state index in [0.29, 0.717) is 0 Å². The Labute approximate surface area is 74.4 Å². The van der Waals surface area contributed by atoms with Crippen molar-refractivity contribution in [3.8, 4) is 0 Å². The van der Waals surface area contributed by atoms with Crippen molar-refractivity contribution in [2.45, 2.75) is 18.2 Å². The number of nitrogens with two attached hydrogens (primary N) is 2. The van der Waals surface area contributed by atoms with Crippen LogP contribution in [-0.4, -0.2) is 46.9 Å². The normalized spacial score (nSPS) is 29.2. The Morgan fingerprint density at radius 3 is 2.85 bits per heavy atom. The molecule has 0 aromatic carbocycles. The first-order valence-corrected chi connectivity index (χ1v) is 3.77. The number of rotatable bonds is 3. The third-order valence-corrected chi connectivity index (χ3v) is 1.84. The molecule has 7 heteroatoms. The van der Waals surface area contributed by atoms with E-state index in [1.54, 1.807) is 0 Å². The van der Waals surface area contributed by atoms with Crippen LogP contribution in [0.3, 0.4) is 0 Å². The molecule has 1 aliphatic rings. The van der Waals surface area contributed by atoms with E-state index in [1.807, 2.05) is 0 Å². The van der Waals surface area contributed by atoms with Crippen LogP contribution in [0.25, 0.3) is 0 Å². The number of guanidine groups is 1. The second-order valence-electron chi connectivity index (χ2n) is 2.77. The minimum atomic E-state index is -1.13. The Balaban J connectivity index is 2.72. The van der Waals surface area contributed by atoms with Gasteiger partial charge in [0.15, 0.2) is 12.0 Å². The van der Waals surface area contributed by atoms with Crippen LogP contribution in [0.1, 0.15) is 0 Å². The number of aliphatic imine (C=N–C) groups is 1. The van der Waals surface area contributed by atoms with E-state index in [-0.39, 0.29) is 12.5 Å². The molecule has 0 amide bonds. The van der Waals surface area contributed by atoms with Crippen LogP contribution in [-0.2, 0) is 4.79 Å². The van der Waals surface area contributed by atoms with Crippen LogP contribution in [0.4, 0.5) is 0 Å². The smallest absolute Gasteiger partial charge is 0.330 e. The minimum Gasteiger partial charge on any atom is -0.480 e. The molecule has 7 N–H and O–H groups in total. The maximum absolute atomic E-state index is 10.6. The number of nitrogens with zero attached hydrogens (tertiary/aromatic N) is 1. The monoisotopic (exact) mass is 188 g/mol. The fourth-order valence-electron chi connectivity index (χ4n) is 1.18. The molecule has 0 radical (unpaired) electrons. The maximum atomic E-state index is 10.6. The minimum absolute atomic E-state index is 0.0184. The molecule has 0 saturated carbocycles. The highest BCUT2D eigenvalue weighted by Gasteiger charge is 2.37. The summed E-state index contributed by atoms with van der Waals surface area (Å²) in [5, 5.41) is 20.6. The molecule has 1 unspecified atom stereocenters. The van der Waals surface area contributed by atoms with Gasteiger partial charge in [-0.25, -0.2) is 9.79 Å². The summed E-state index contributed by atoms with van der Waals surface area (Å²) in [6, 6.07) is -1.79. The van der Waals surface area contributed by atoms with Gasteiger partial charge >= 0.3 is 5.97 Å². The SMILES string of the molecule is NC[C@@H](O)[C@H]1NC(N)=NC1C(=O)O. The number of nitrogens with one attached hydrogen (secondary N) is 1. The summed E-state index contributed by atoms with van der Waals surface area (Å²) in [5.41, 5.74) is 10.5. The second-order valence-corrected chi connectivity index (χ2v) is 2.77. The van der Waals surface area contributed by atoms with E-state index in [2.05, 4.69) is 10.3 Å². The number of aliphatic hydroxyl groups excluding tert-OH is 1. The zero-order valence-electron chi connectivity index (χ0n) is 6.84. The summed E-state index contributed by atoms with van der Waals surface area (Å²) in [5.74, 6) is -1.12. The van der Waals surface area contributed by atoms with E-state index < -0.39 is 24.2 Å². The Hall–Kier alpha value is -1.34. The number of carboxylic acid groups (broad SMARTS) is 1. The lowest BCUT2D eigenvalue weighted by Gasteiger charge is -2.19. The second kappa shape index (κ2) is 3.58. The summed E-state index contributed by atoms with van der Waals surface area (Å²) < 4.78 is 0. The largest absolute Gasteiger partial charge is 0.480 e. The standard InChI is InChI=1S/C6H12N4O3/c7-1-2(11)3-4(5(12)13)10-6(8)9-3/h2-4,11H,1,7H2,(H,12,13)(H3,8,9,10)/t2-,3-,4?/m1/s1. The van der Waals surface area contributed by atoms with Crippen LogP contribution in [0, 0.1) is 0 Å². The quantitative estimate of drug-likeness (QED) is 0.321. The molecule has 1 aliphatic heterocycles. The summed E-state index contributed by atoms with van der Waals surface area (Å²) >= 11 is 0. The van der Waals surface area contributed by atoms with Crippen molar-refractivity contribution in [2.24, 2.45) is 16.5 Å². The number of aliphatic carboxylic acids is 1. The van der Waals surface area contributed by atoms with Gasteiger partial charge in [-0.2, -0.15) is 0 Å². The molecule has 0 spiro atoms. The highest BCUT2D eigenvalue weighted by molar-refractivity contribution is 5.87. The van der Waals surface area contributed by atoms with Gasteiger partial charge in [-0.1, -0.05) is 0 Å². The zero-order chi connectivity index (χ0) is 10.0. The maximum Gasteiger partial charge on any atom is 0.330 e. The van der Waals surface area contributed by atoms with Crippen molar-refractivity contribution >= 4 is 11.9 Å². The van der Waals surface area contributed by atoms with Gasteiger partial charge in [0.25, 0.3) is 0 Å². The van der Waals surface area contributed by atoms with Crippen molar-refractivity contribution < 1.29 is 15.0 Å². The van der Waals surface area contributed by atoms with E-state index in [1.165, 1.54) is 0 Å². The average molecular weight is 188 g/mol. The molecule has 0 saturated heterocycles. The number of hydrogen-bond acceptors (Lipinski definition) is 6. The Morgan fingerprint density at radius 2 is 2.38 bits per heavy atom. The molecule has 74 valence electrons. The predicted molar refractivity (Wildman–Crippen MR) is 45.0 cm³/mol. The molecular formula is C6H12N4O3. The van der Waals surface area contributed by atoms with Crippen molar-refractivity contribution in [2.75, 3.05) is 6.54 Å². The lowest BCUT2D eigenvalue weighted by atomic mass is 10.0. The van der Waals surface area contributed by atoms with Gasteiger partial charge in [0.2, 0.25) is 0 Å². The van der Waals surface area contributed by atoms with Gasteiger partial charge in [-0.3, -0.25) is 0 Å². The van der Waals surface area contributed by atoms with Crippen LogP contribution in [0.2, 0.25) is 0 Å². The fourth-order valence-corrected chi connectivity index (χ4v) is 1.18. The summed E-state index contributed by atoms with van der Waals surface area (Å²) in [6.07, 6.45) is -0.967. The summed E-state index contributed by atoms with van der Waals surface area (Å²) in [7, 11) is 0. The Morgan fingerprint density at radius 1 is 1.77 bits per heavy atom. The number of aliphatic hydroxyl groups is 1. The Bertz CT molecular complexity index is 242. The molecule has 0 aliphatic carbocycles. The lowest BCUT2D eigenvalue weighted by Crippen LogP contribution is -2.51. The van der Waals surface area contributed by atoms with Crippen LogP contribution >= 0.6 is 0 Å². The summed E-state index contributed by atoms with van der Waals surface area (Å²) in [4.78, 5) is 14.2. The van der Waals surface area contributed by atoms with Gasteiger partial charge < -0.3 is 27.0 Å². The summed E-state index contributed by atoms with van der Waals surface area (Å²) in [6.45, 7) is -0.0375. The highest BCUT2D eigenvalue weighted by Crippen LogP contribution is 2.09. The van der Waals surface area contributed by atoms with E-state index in [4.69, 9.17) is 16.6 Å². The molecule has 0 fully saturated rings. The molecule has 0 aromatic rings. The average Bonchev–Trinajstić information content (AvgIpc) is 2.46. The molecule has 3 atom stereocenters. The van der Waals surface area contributed by atoms with Gasteiger partial charge in [-0.15, -0.1) is 0 Å². The van der Waals surface area contributed by atoms with Crippen LogP contribution in [0.5, 0.6) is 0 Å². The fraction of sp³-hybridized carbons (Fsp3) is 0.667. The number of hydrogen-bond donors (Lipinski definition) is 5. The van der Waals surface area contributed by atoms with Gasteiger partial charge in [0.1, 0.15) is 0 Å². The van der Waals surface area contributed by atoms with Gasteiger partial charge in [-0.05, 0) is 0 Å². The Kier molecular flexibility index (Phi) is 2.69.